The highest BCUT2D eigenvalue weighted by atomic mass is 19.2. The fourth-order valence-electron chi connectivity index (χ4n) is 2.71. The average molecular weight is 291 g/mol. The maximum absolute atomic E-state index is 13.4. The Morgan fingerprint density at radius 1 is 1.19 bits per heavy atom. The molecule has 3 rings (SSSR count). The van der Waals surface area contributed by atoms with Gasteiger partial charge in [-0.2, -0.15) is 0 Å². The topological polar surface area (TPSA) is 49.2 Å². The number of aliphatic hydroxyl groups excluding tert-OH is 1. The molecule has 0 spiro atoms. The lowest BCUT2D eigenvalue weighted by molar-refractivity contribution is 0.171. The van der Waals surface area contributed by atoms with Gasteiger partial charge in [-0.05, 0) is 30.2 Å². The molecule has 6 heteroatoms. The predicted octanol–water partition coefficient (Wildman–Crippen LogP) is 2.06. The van der Waals surface area contributed by atoms with E-state index in [2.05, 4.69) is 9.97 Å². The Bertz CT molecular complexity index is 624. The van der Waals surface area contributed by atoms with Crippen molar-refractivity contribution in [1.82, 2.24) is 14.9 Å². The van der Waals surface area contributed by atoms with E-state index < -0.39 is 17.7 Å². The molecular formula is C15H15F2N3O. The van der Waals surface area contributed by atoms with Gasteiger partial charge in [0, 0.05) is 25.0 Å². The minimum Gasteiger partial charge on any atom is -0.392 e. The lowest BCUT2D eigenvalue weighted by atomic mass is 10.0. The molecule has 1 aromatic carbocycles. The Balaban J connectivity index is 1.83. The molecule has 0 unspecified atom stereocenters. The van der Waals surface area contributed by atoms with E-state index in [1.807, 2.05) is 4.90 Å². The lowest BCUT2D eigenvalue weighted by Gasteiger charge is -2.23. The average Bonchev–Trinajstić information content (AvgIpc) is 2.84. The second-order valence-electron chi connectivity index (χ2n) is 5.17. The van der Waals surface area contributed by atoms with Crippen molar-refractivity contribution in [3.63, 3.8) is 0 Å². The Kier molecular flexibility index (Phi) is 3.90. The van der Waals surface area contributed by atoms with Crippen molar-refractivity contribution in [2.24, 2.45) is 0 Å². The van der Waals surface area contributed by atoms with Crippen LogP contribution in [0, 0.1) is 11.6 Å². The van der Waals surface area contributed by atoms with Crippen LogP contribution in [0.25, 0.3) is 0 Å². The fourth-order valence-corrected chi connectivity index (χ4v) is 2.71. The van der Waals surface area contributed by atoms with Gasteiger partial charge in [0.1, 0.15) is 5.82 Å². The summed E-state index contributed by atoms with van der Waals surface area (Å²) in [6.45, 7) is 0.920. The van der Waals surface area contributed by atoms with Crippen molar-refractivity contribution in [1.29, 1.82) is 0 Å². The van der Waals surface area contributed by atoms with E-state index in [0.717, 1.165) is 6.07 Å². The number of nitrogens with zero attached hydrogens (tertiary/aromatic N) is 3. The van der Waals surface area contributed by atoms with Crippen LogP contribution in [0.15, 0.2) is 36.7 Å². The number of aromatic nitrogens is 2. The molecule has 110 valence electrons. The Hall–Kier alpha value is -1.92. The number of rotatable bonds is 3. The van der Waals surface area contributed by atoms with Crippen molar-refractivity contribution in [2.75, 3.05) is 6.54 Å². The molecule has 2 heterocycles. The van der Waals surface area contributed by atoms with E-state index in [9.17, 15) is 13.9 Å². The van der Waals surface area contributed by atoms with Gasteiger partial charge in [0.25, 0.3) is 0 Å². The van der Waals surface area contributed by atoms with E-state index in [4.69, 9.17) is 0 Å². The second-order valence-corrected chi connectivity index (χ2v) is 5.17. The molecule has 0 amide bonds. The largest absolute Gasteiger partial charge is 0.392 e. The van der Waals surface area contributed by atoms with Crippen LogP contribution in [0.4, 0.5) is 8.78 Å². The van der Waals surface area contributed by atoms with Gasteiger partial charge in [-0.15, -0.1) is 0 Å². The number of hydrogen-bond donors (Lipinski definition) is 1. The zero-order valence-corrected chi connectivity index (χ0v) is 11.3. The van der Waals surface area contributed by atoms with Crippen LogP contribution in [-0.2, 0) is 6.54 Å². The minimum atomic E-state index is -0.871. The number of benzene rings is 1. The third-order valence-electron chi connectivity index (χ3n) is 3.67. The van der Waals surface area contributed by atoms with Gasteiger partial charge in [0.15, 0.2) is 11.6 Å². The summed E-state index contributed by atoms with van der Waals surface area (Å²) >= 11 is 0. The molecule has 21 heavy (non-hydrogen) atoms. The van der Waals surface area contributed by atoms with Gasteiger partial charge < -0.3 is 5.11 Å². The summed E-state index contributed by atoms with van der Waals surface area (Å²) in [5, 5.41) is 9.88. The molecule has 0 saturated carbocycles. The zero-order chi connectivity index (χ0) is 14.8. The smallest absolute Gasteiger partial charge is 0.159 e. The van der Waals surface area contributed by atoms with Gasteiger partial charge in [0.05, 0.1) is 12.6 Å². The van der Waals surface area contributed by atoms with Crippen LogP contribution in [0.3, 0.4) is 0 Å². The summed E-state index contributed by atoms with van der Waals surface area (Å²) in [5.41, 5.74) is 0.654. The van der Waals surface area contributed by atoms with Crippen LogP contribution in [0.1, 0.15) is 23.9 Å². The molecule has 0 bridgehead atoms. The third kappa shape index (κ3) is 3.06. The zero-order valence-electron chi connectivity index (χ0n) is 11.3. The van der Waals surface area contributed by atoms with Gasteiger partial charge in [-0.1, -0.05) is 6.07 Å². The van der Waals surface area contributed by atoms with Gasteiger partial charge in [-0.3, -0.25) is 4.90 Å². The third-order valence-corrected chi connectivity index (χ3v) is 3.67. The standard InChI is InChI=1S/C15H15F2N3O/c16-12-3-2-10(6-13(12)17)14-7-11(21)8-20(14)9-15-18-4-1-5-19-15/h1-6,11,14,21H,7-9H2/t11-,14+/m0/s1. The Labute approximate surface area is 121 Å². The summed E-state index contributed by atoms with van der Waals surface area (Å²) < 4.78 is 26.5. The lowest BCUT2D eigenvalue weighted by Crippen LogP contribution is -2.25. The van der Waals surface area contributed by atoms with Crippen molar-refractivity contribution in [3.8, 4) is 0 Å². The summed E-state index contributed by atoms with van der Waals surface area (Å²) in [7, 11) is 0. The monoisotopic (exact) mass is 291 g/mol. The van der Waals surface area contributed by atoms with Gasteiger partial charge in [0.2, 0.25) is 0 Å². The van der Waals surface area contributed by atoms with Crippen molar-refractivity contribution in [3.05, 3.63) is 59.7 Å². The van der Waals surface area contributed by atoms with Crippen LogP contribution < -0.4 is 0 Å². The fraction of sp³-hybridized carbons (Fsp3) is 0.333. The van der Waals surface area contributed by atoms with Crippen LogP contribution in [0.2, 0.25) is 0 Å². The highest BCUT2D eigenvalue weighted by molar-refractivity contribution is 5.23. The summed E-state index contributed by atoms with van der Waals surface area (Å²) in [6, 6.07) is 5.43. The quantitative estimate of drug-likeness (QED) is 0.940. The molecule has 1 fully saturated rings. The molecular weight excluding hydrogens is 276 g/mol. The molecule has 4 nitrogen and oxygen atoms in total. The van der Waals surface area contributed by atoms with Crippen molar-refractivity contribution < 1.29 is 13.9 Å². The molecule has 0 aliphatic carbocycles. The summed E-state index contributed by atoms with van der Waals surface area (Å²) in [6.07, 6.45) is 3.30. The minimum absolute atomic E-state index is 0.168. The van der Waals surface area contributed by atoms with E-state index in [1.165, 1.54) is 6.07 Å². The van der Waals surface area contributed by atoms with E-state index >= 15 is 0 Å². The first-order chi connectivity index (χ1) is 10.1. The maximum Gasteiger partial charge on any atom is 0.159 e. The number of halogens is 2. The first-order valence-corrected chi connectivity index (χ1v) is 6.76. The van der Waals surface area contributed by atoms with E-state index in [-0.39, 0.29) is 6.04 Å². The van der Waals surface area contributed by atoms with Crippen LogP contribution in [0.5, 0.6) is 0 Å². The molecule has 1 saturated heterocycles. The summed E-state index contributed by atoms with van der Waals surface area (Å²) in [4.78, 5) is 10.3. The number of hydrogen-bond acceptors (Lipinski definition) is 4. The molecule has 1 aliphatic rings. The molecule has 1 aromatic heterocycles. The normalized spacial score (nSPS) is 22.6. The highest BCUT2D eigenvalue weighted by Gasteiger charge is 2.32. The van der Waals surface area contributed by atoms with Gasteiger partial charge >= 0.3 is 0 Å². The first-order valence-electron chi connectivity index (χ1n) is 6.76. The molecule has 2 atom stereocenters. The summed E-state index contributed by atoms with van der Waals surface area (Å²) in [5.74, 6) is -1.10. The van der Waals surface area contributed by atoms with E-state index in [1.54, 1.807) is 24.5 Å². The second kappa shape index (κ2) is 5.83. The van der Waals surface area contributed by atoms with Crippen LogP contribution in [-0.4, -0.2) is 32.6 Å². The Morgan fingerprint density at radius 3 is 2.67 bits per heavy atom. The van der Waals surface area contributed by atoms with Crippen LogP contribution >= 0.6 is 0 Å². The molecule has 0 radical (unpaired) electrons. The molecule has 1 N–H and O–H groups in total. The number of aliphatic hydroxyl groups is 1. The molecule has 2 aromatic rings. The first kappa shape index (κ1) is 14.0. The Morgan fingerprint density at radius 2 is 1.95 bits per heavy atom. The van der Waals surface area contributed by atoms with Crippen molar-refractivity contribution >= 4 is 0 Å². The maximum atomic E-state index is 13.4. The predicted molar refractivity (Wildman–Crippen MR) is 72.2 cm³/mol. The van der Waals surface area contributed by atoms with E-state index in [0.29, 0.717) is 30.9 Å². The SMILES string of the molecule is O[C@H]1C[C@H](c2ccc(F)c(F)c2)N(Cc2ncccn2)C1. The molecule has 1 aliphatic heterocycles. The van der Waals surface area contributed by atoms with Gasteiger partial charge in [-0.25, -0.2) is 18.7 Å². The highest BCUT2D eigenvalue weighted by Crippen LogP contribution is 2.33. The van der Waals surface area contributed by atoms with Crippen molar-refractivity contribution in [2.45, 2.75) is 25.1 Å². The number of β-amino-alcohol motifs (C(OH)–C–C–N with tert-alkyl or cyclic N) is 1. The number of likely N-dealkylation sites (tertiary alicyclic amines) is 1.